The van der Waals surface area contributed by atoms with Crippen LogP contribution in [0.25, 0.3) is 10.2 Å². The Hall–Kier alpha value is -1.61. The van der Waals surface area contributed by atoms with Crippen molar-refractivity contribution in [3.05, 3.63) is 44.3 Å². The lowest BCUT2D eigenvalue weighted by Gasteiger charge is -2.17. The van der Waals surface area contributed by atoms with Crippen molar-refractivity contribution in [2.45, 2.75) is 26.6 Å². The lowest BCUT2D eigenvalue weighted by Crippen LogP contribution is -2.23. The van der Waals surface area contributed by atoms with Gasteiger partial charge in [0.15, 0.2) is 3.95 Å². The standard InChI is InChI=1S/C17H19N3O2S3/c1-3-22-16(21)8-12-10-24-17(23)20(12)11-19(2)9-15-18-13-6-4-5-7-14(13)25-15/h4-7,10H,3,8-9,11H2,1-2H3. The van der Waals surface area contributed by atoms with Crippen LogP contribution >= 0.6 is 34.9 Å². The van der Waals surface area contributed by atoms with Gasteiger partial charge < -0.3 is 9.30 Å². The number of thiazole rings is 2. The van der Waals surface area contributed by atoms with Gasteiger partial charge in [0.1, 0.15) is 5.01 Å². The quantitative estimate of drug-likeness (QED) is 0.447. The highest BCUT2D eigenvalue weighted by Crippen LogP contribution is 2.23. The van der Waals surface area contributed by atoms with Crippen LogP contribution in [0.2, 0.25) is 0 Å². The number of esters is 1. The number of ether oxygens (including phenoxy) is 1. The molecule has 2 heterocycles. The van der Waals surface area contributed by atoms with Gasteiger partial charge in [-0.3, -0.25) is 9.69 Å². The fourth-order valence-electron chi connectivity index (χ4n) is 2.52. The Balaban J connectivity index is 1.70. The Labute approximate surface area is 159 Å². The fraction of sp³-hybridized carbons (Fsp3) is 0.353. The first kappa shape index (κ1) is 18.2. The summed E-state index contributed by atoms with van der Waals surface area (Å²) in [6.07, 6.45) is 0.246. The number of hydrogen-bond donors (Lipinski definition) is 0. The van der Waals surface area contributed by atoms with E-state index in [0.29, 0.717) is 13.3 Å². The van der Waals surface area contributed by atoms with E-state index in [9.17, 15) is 4.79 Å². The summed E-state index contributed by atoms with van der Waals surface area (Å²) in [5, 5.41) is 3.00. The predicted molar refractivity (Wildman–Crippen MR) is 105 cm³/mol. The van der Waals surface area contributed by atoms with Crippen molar-refractivity contribution in [3.8, 4) is 0 Å². The molecule has 132 valence electrons. The van der Waals surface area contributed by atoms with E-state index < -0.39 is 0 Å². The van der Waals surface area contributed by atoms with Gasteiger partial charge in [-0.25, -0.2) is 4.98 Å². The first-order valence-electron chi connectivity index (χ1n) is 7.92. The fourth-order valence-corrected chi connectivity index (χ4v) is 4.63. The molecule has 3 aromatic rings. The van der Waals surface area contributed by atoms with E-state index in [1.165, 1.54) is 16.0 Å². The SMILES string of the molecule is CCOC(=O)Cc1csc(=S)n1CN(C)Cc1nc2ccccc2s1. The molecule has 0 N–H and O–H groups in total. The average Bonchev–Trinajstić information content (AvgIpc) is 3.12. The third-order valence-corrected chi connectivity index (χ3v) is 5.96. The van der Waals surface area contributed by atoms with Crippen LogP contribution in [-0.2, 0) is 29.2 Å². The van der Waals surface area contributed by atoms with Crippen molar-refractivity contribution >= 4 is 51.1 Å². The molecule has 3 rings (SSSR count). The minimum absolute atomic E-state index is 0.224. The molecule has 0 saturated carbocycles. The molecular formula is C17H19N3O2S3. The maximum atomic E-state index is 11.8. The molecule has 0 aliphatic rings. The smallest absolute Gasteiger partial charge is 0.311 e. The molecule has 0 saturated heterocycles. The Kier molecular flexibility index (Phi) is 5.95. The lowest BCUT2D eigenvalue weighted by molar-refractivity contribution is -0.142. The predicted octanol–water partition coefficient (Wildman–Crippen LogP) is 4.08. The van der Waals surface area contributed by atoms with Gasteiger partial charge in [-0.15, -0.1) is 22.7 Å². The minimum atomic E-state index is -0.224. The molecule has 0 spiro atoms. The number of carbonyl (C=O) groups excluding carboxylic acids is 1. The molecule has 0 atom stereocenters. The van der Waals surface area contributed by atoms with Crippen molar-refractivity contribution in [2.24, 2.45) is 0 Å². The second kappa shape index (κ2) is 8.18. The Bertz CT molecular complexity index is 896. The molecular weight excluding hydrogens is 374 g/mol. The largest absolute Gasteiger partial charge is 0.466 e. The van der Waals surface area contributed by atoms with Gasteiger partial charge in [-0.1, -0.05) is 12.1 Å². The van der Waals surface area contributed by atoms with Crippen LogP contribution in [0.4, 0.5) is 0 Å². The van der Waals surface area contributed by atoms with E-state index in [4.69, 9.17) is 17.0 Å². The number of aromatic nitrogens is 2. The molecule has 0 fully saturated rings. The molecule has 0 unspecified atom stereocenters. The highest BCUT2D eigenvalue weighted by atomic mass is 32.1. The summed E-state index contributed by atoms with van der Waals surface area (Å²) in [6, 6.07) is 8.15. The van der Waals surface area contributed by atoms with Crippen LogP contribution < -0.4 is 0 Å². The lowest BCUT2D eigenvalue weighted by atomic mass is 10.3. The van der Waals surface area contributed by atoms with Crippen molar-refractivity contribution in [2.75, 3.05) is 13.7 Å². The molecule has 0 bridgehead atoms. The van der Waals surface area contributed by atoms with Gasteiger partial charge in [-0.05, 0) is 38.3 Å². The van der Waals surface area contributed by atoms with Crippen LogP contribution in [0.3, 0.4) is 0 Å². The minimum Gasteiger partial charge on any atom is -0.466 e. The summed E-state index contributed by atoms with van der Waals surface area (Å²) in [7, 11) is 2.03. The van der Waals surface area contributed by atoms with Crippen molar-refractivity contribution in [3.63, 3.8) is 0 Å². The number of nitrogens with zero attached hydrogens (tertiary/aromatic N) is 3. The van der Waals surface area contributed by atoms with Gasteiger partial charge in [-0.2, -0.15) is 0 Å². The van der Waals surface area contributed by atoms with Gasteiger partial charge >= 0.3 is 5.97 Å². The maximum Gasteiger partial charge on any atom is 0.311 e. The van der Waals surface area contributed by atoms with Gasteiger partial charge in [0.05, 0.1) is 36.5 Å². The third-order valence-electron chi connectivity index (χ3n) is 3.62. The first-order valence-corrected chi connectivity index (χ1v) is 10.0. The van der Waals surface area contributed by atoms with E-state index in [-0.39, 0.29) is 12.4 Å². The molecule has 0 amide bonds. The van der Waals surface area contributed by atoms with Crippen LogP contribution in [0.15, 0.2) is 29.6 Å². The van der Waals surface area contributed by atoms with Crippen LogP contribution in [0, 0.1) is 3.95 Å². The highest BCUT2D eigenvalue weighted by molar-refractivity contribution is 7.73. The van der Waals surface area contributed by atoms with E-state index in [1.54, 1.807) is 11.3 Å². The van der Waals surface area contributed by atoms with Crippen LogP contribution in [-0.4, -0.2) is 34.1 Å². The summed E-state index contributed by atoms with van der Waals surface area (Å²) in [5.41, 5.74) is 1.93. The van der Waals surface area contributed by atoms with Crippen molar-refractivity contribution in [1.82, 2.24) is 14.5 Å². The Morgan fingerprint density at radius 3 is 2.96 bits per heavy atom. The molecule has 0 aliphatic heterocycles. The monoisotopic (exact) mass is 393 g/mol. The Morgan fingerprint density at radius 1 is 1.40 bits per heavy atom. The van der Waals surface area contributed by atoms with Gasteiger partial charge in [0, 0.05) is 11.1 Å². The zero-order valence-electron chi connectivity index (χ0n) is 14.1. The molecule has 5 nitrogen and oxygen atoms in total. The number of fused-ring (bicyclic) bond motifs is 1. The third kappa shape index (κ3) is 4.52. The van der Waals surface area contributed by atoms with Crippen LogP contribution in [0.1, 0.15) is 17.6 Å². The number of carbonyl (C=O) groups is 1. The average molecular weight is 394 g/mol. The number of rotatable bonds is 7. The first-order chi connectivity index (χ1) is 12.1. The number of para-hydroxylation sites is 1. The molecule has 8 heteroatoms. The van der Waals surface area contributed by atoms with E-state index in [1.807, 2.05) is 42.1 Å². The topological polar surface area (TPSA) is 47.4 Å². The van der Waals surface area contributed by atoms with Crippen molar-refractivity contribution in [1.29, 1.82) is 0 Å². The Morgan fingerprint density at radius 2 is 2.20 bits per heavy atom. The zero-order chi connectivity index (χ0) is 17.8. The summed E-state index contributed by atoms with van der Waals surface area (Å²) < 4.78 is 8.99. The second-order valence-corrected chi connectivity index (χ2v) is 8.25. The summed E-state index contributed by atoms with van der Waals surface area (Å²) in [6.45, 7) is 3.55. The summed E-state index contributed by atoms with van der Waals surface area (Å²) in [5.74, 6) is -0.224. The van der Waals surface area contributed by atoms with E-state index >= 15 is 0 Å². The van der Waals surface area contributed by atoms with Crippen molar-refractivity contribution < 1.29 is 9.53 Å². The second-order valence-electron chi connectivity index (χ2n) is 5.63. The molecule has 2 aromatic heterocycles. The zero-order valence-corrected chi connectivity index (χ0v) is 16.5. The summed E-state index contributed by atoms with van der Waals surface area (Å²) in [4.78, 5) is 18.6. The molecule has 0 aliphatic carbocycles. The van der Waals surface area contributed by atoms with Gasteiger partial charge in [0.25, 0.3) is 0 Å². The maximum absolute atomic E-state index is 11.8. The van der Waals surface area contributed by atoms with Crippen LogP contribution in [0.5, 0.6) is 0 Å². The van der Waals surface area contributed by atoms with E-state index in [0.717, 1.165) is 26.7 Å². The van der Waals surface area contributed by atoms with Gasteiger partial charge in [0.2, 0.25) is 0 Å². The number of hydrogen-bond acceptors (Lipinski definition) is 7. The highest BCUT2D eigenvalue weighted by Gasteiger charge is 2.13. The normalized spacial score (nSPS) is 11.3. The molecule has 1 aromatic carbocycles. The summed E-state index contributed by atoms with van der Waals surface area (Å²) >= 11 is 8.59. The molecule has 0 radical (unpaired) electrons. The molecule has 25 heavy (non-hydrogen) atoms. The van der Waals surface area contributed by atoms with E-state index in [2.05, 4.69) is 16.0 Å². The number of benzene rings is 1.